The molecule has 0 bridgehead atoms. The molecule has 146 valence electrons. The smallest absolute Gasteiger partial charge is 0.360 e. The Labute approximate surface area is 166 Å². The Bertz CT molecular complexity index is 953. The van der Waals surface area contributed by atoms with E-state index in [2.05, 4.69) is 0 Å². The Morgan fingerprint density at radius 3 is 2.46 bits per heavy atom. The topological polar surface area (TPSA) is 44.1 Å². The first-order chi connectivity index (χ1) is 13.5. The van der Waals surface area contributed by atoms with Crippen LogP contribution in [0.25, 0.3) is 10.9 Å². The van der Waals surface area contributed by atoms with E-state index in [1.165, 1.54) is 32.1 Å². The largest absolute Gasteiger partial charge is 0.450 e. The molecule has 0 unspecified atom stereocenters. The lowest BCUT2D eigenvalue weighted by Gasteiger charge is -2.25. The summed E-state index contributed by atoms with van der Waals surface area (Å²) in [7, 11) is 0. The van der Waals surface area contributed by atoms with Crippen molar-refractivity contribution in [3.8, 4) is 0 Å². The minimum absolute atomic E-state index is 0.368. The van der Waals surface area contributed by atoms with Gasteiger partial charge in [-0.05, 0) is 44.2 Å². The van der Waals surface area contributed by atoms with E-state index in [1.54, 1.807) is 0 Å². The van der Waals surface area contributed by atoms with Crippen LogP contribution in [0.1, 0.15) is 62.0 Å². The number of carbonyl (C=O) groups is 1. The molecule has 0 N–H and O–H groups in total. The molecule has 1 aliphatic carbocycles. The van der Waals surface area contributed by atoms with E-state index in [9.17, 15) is 4.79 Å². The number of benzene rings is 2. The summed E-state index contributed by atoms with van der Waals surface area (Å²) in [6.07, 6.45) is 6.42. The molecule has 1 fully saturated rings. The van der Waals surface area contributed by atoms with Crippen LogP contribution < -0.4 is 0 Å². The summed E-state index contributed by atoms with van der Waals surface area (Å²) in [6, 6.07) is 17.8. The van der Waals surface area contributed by atoms with Crippen molar-refractivity contribution in [1.29, 1.82) is 0 Å². The SMILES string of the molecule is CC(C)(OC(=O)c1nn(CC2CCCCC2)c2ccccc12)c1ccccc1. The fourth-order valence-corrected chi connectivity index (χ4v) is 4.21. The van der Waals surface area contributed by atoms with E-state index in [4.69, 9.17) is 9.84 Å². The number of aromatic nitrogens is 2. The first-order valence-corrected chi connectivity index (χ1v) is 10.3. The fourth-order valence-electron chi connectivity index (χ4n) is 4.21. The van der Waals surface area contributed by atoms with E-state index in [0.29, 0.717) is 11.6 Å². The predicted octanol–water partition coefficient (Wildman–Crippen LogP) is 5.71. The third kappa shape index (κ3) is 3.82. The molecule has 28 heavy (non-hydrogen) atoms. The molecular weight excluding hydrogens is 348 g/mol. The summed E-state index contributed by atoms with van der Waals surface area (Å²) >= 11 is 0. The number of nitrogens with zero attached hydrogens (tertiary/aromatic N) is 2. The maximum Gasteiger partial charge on any atom is 0.360 e. The summed E-state index contributed by atoms with van der Waals surface area (Å²) in [5.41, 5.74) is 1.68. The molecule has 2 aromatic carbocycles. The Morgan fingerprint density at radius 1 is 1.04 bits per heavy atom. The van der Waals surface area contributed by atoms with Crippen LogP contribution in [0.4, 0.5) is 0 Å². The lowest BCUT2D eigenvalue weighted by molar-refractivity contribution is -0.00367. The van der Waals surface area contributed by atoms with Crippen molar-refractivity contribution >= 4 is 16.9 Å². The van der Waals surface area contributed by atoms with E-state index < -0.39 is 5.60 Å². The highest BCUT2D eigenvalue weighted by molar-refractivity contribution is 6.02. The predicted molar refractivity (Wildman–Crippen MR) is 111 cm³/mol. The Morgan fingerprint density at radius 2 is 1.71 bits per heavy atom. The first kappa shape index (κ1) is 18.7. The van der Waals surface area contributed by atoms with Crippen LogP contribution in [0.2, 0.25) is 0 Å². The number of esters is 1. The molecule has 1 heterocycles. The molecule has 4 rings (SSSR count). The van der Waals surface area contributed by atoms with Crippen molar-refractivity contribution in [3.05, 3.63) is 65.9 Å². The molecule has 0 radical (unpaired) electrons. The van der Waals surface area contributed by atoms with Crippen molar-refractivity contribution in [2.24, 2.45) is 5.92 Å². The molecule has 0 spiro atoms. The summed E-state index contributed by atoms with van der Waals surface area (Å²) in [6.45, 7) is 4.71. The van der Waals surface area contributed by atoms with Crippen molar-refractivity contribution in [2.75, 3.05) is 0 Å². The molecule has 1 aromatic heterocycles. The lowest BCUT2D eigenvalue weighted by Crippen LogP contribution is -2.26. The molecular formula is C24H28N2O2. The number of hydrogen-bond donors (Lipinski definition) is 0. The second kappa shape index (κ2) is 7.78. The Hall–Kier alpha value is -2.62. The standard InChI is InChI=1S/C24H28N2O2/c1-24(2,19-13-7-4-8-14-19)28-23(27)22-20-15-9-10-16-21(20)26(25-22)17-18-11-5-3-6-12-18/h4,7-10,13-16,18H,3,5-6,11-12,17H2,1-2H3. The van der Waals surface area contributed by atoms with Crippen molar-refractivity contribution < 1.29 is 9.53 Å². The Kier molecular flexibility index (Phi) is 5.21. The normalized spacial score (nSPS) is 15.6. The van der Waals surface area contributed by atoms with Crippen LogP contribution in [0.3, 0.4) is 0 Å². The summed E-state index contributed by atoms with van der Waals surface area (Å²) in [4.78, 5) is 13.1. The van der Waals surface area contributed by atoms with Crippen LogP contribution in [0.5, 0.6) is 0 Å². The summed E-state index contributed by atoms with van der Waals surface area (Å²) in [5.74, 6) is 0.272. The van der Waals surface area contributed by atoms with Crippen molar-refractivity contribution in [2.45, 2.75) is 58.1 Å². The molecule has 1 aliphatic rings. The average molecular weight is 376 g/mol. The number of hydrogen-bond acceptors (Lipinski definition) is 3. The van der Waals surface area contributed by atoms with Gasteiger partial charge in [0.25, 0.3) is 0 Å². The fraction of sp³-hybridized carbons (Fsp3) is 0.417. The quantitative estimate of drug-likeness (QED) is 0.536. The molecule has 0 aliphatic heterocycles. The summed E-state index contributed by atoms with van der Waals surface area (Å²) in [5, 5.41) is 5.57. The van der Waals surface area contributed by atoms with Crippen LogP contribution in [-0.4, -0.2) is 15.7 Å². The zero-order chi connectivity index (χ0) is 19.6. The molecule has 1 saturated carbocycles. The average Bonchev–Trinajstić information content (AvgIpc) is 3.08. The van der Waals surface area contributed by atoms with Gasteiger partial charge in [0.05, 0.1) is 5.52 Å². The number of fused-ring (bicyclic) bond motifs is 1. The lowest BCUT2D eigenvalue weighted by atomic mass is 9.89. The van der Waals surface area contributed by atoms with Gasteiger partial charge >= 0.3 is 5.97 Å². The van der Waals surface area contributed by atoms with Crippen molar-refractivity contribution in [3.63, 3.8) is 0 Å². The third-order valence-electron chi connectivity index (χ3n) is 5.82. The van der Waals surface area contributed by atoms with Gasteiger partial charge in [-0.2, -0.15) is 5.10 Å². The molecule has 4 heteroatoms. The summed E-state index contributed by atoms with van der Waals surface area (Å²) < 4.78 is 7.92. The molecule has 4 nitrogen and oxygen atoms in total. The minimum Gasteiger partial charge on any atom is -0.450 e. The van der Waals surface area contributed by atoms with E-state index in [0.717, 1.165) is 23.0 Å². The first-order valence-electron chi connectivity index (χ1n) is 10.3. The van der Waals surface area contributed by atoms with Crippen LogP contribution in [0.15, 0.2) is 54.6 Å². The van der Waals surface area contributed by atoms with Crippen LogP contribution >= 0.6 is 0 Å². The van der Waals surface area contributed by atoms with E-state index in [1.807, 2.05) is 73.1 Å². The van der Waals surface area contributed by atoms with Gasteiger partial charge in [-0.15, -0.1) is 0 Å². The molecule has 0 amide bonds. The molecule has 0 saturated heterocycles. The maximum absolute atomic E-state index is 13.1. The maximum atomic E-state index is 13.1. The molecule has 0 atom stereocenters. The highest BCUT2D eigenvalue weighted by atomic mass is 16.6. The number of ether oxygens (including phenoxy) is 1. The zero-order valence-electron chi connectivity index (χ0n) is 16.7. The number of rotatable bonds is 5. The van der Waals surface area contributed by atoms with Crippen LogP contribution in [0, 0.1) is 5.92 Å². The van der Waals surface area contributed by atoms with Gasteiger partial charge in [-0.25, -0.2) is 4.79 Å². The second-order valence-electron chi connectivity index (χ2n) is 8.32. The zero-order valence-corrected chi connectivity index (χ0v) is 16.7. The third-order valence-corrected chi connectivity index (χ3v) is 5.82. The molecule has 3 aromatic rings. The Balaban J connectivity index is 1.62. The van der Waals surface area contributed by atoms with Gasteiger partial charge in [-0.3, -0.25) is 4.68 Å². The van der Waals surface area contributed by atoms with Gasteiger partial charge in [-0.1, -0.05) is 67.8 Å². The van der Waals surface area contributed by atoms with Gasteiger partial charge in [0, 0.05) is 11.9 Å². The number of carbonyl (C=O) groups excluding carboxylic acids is 1. The van der Waals surface area contributed by atoms with Gasteiger partial charge in [0.1, 0.15) is 5.60 Å². The van der Waals surface area contributed by atoms with E-state index in [-0.39, 0.29) is 5.97 Å². The van der Waals surface area contributed by atoms with Gasteiger partial charge in [0.2, 0.25) is 0 Å². The highest BCUT2D eigenvalue weighted by Gasteiger charge is 2.29. The van der Waals surface area contributed by atoms with Crippen LogP contribution in [-0.2, 0) is 16.9 Å². The monoisotopic (exact) mass is 376 g/mol. The number of para-hydroxylation sites is 1. The van der Waals surface area contributed by atoms with Gasteiger partial charge < -0.3 is 4.74 Å². The van der Waals surface area contributed by atoms with E-state index >= 15 is 0 Å². The minimum atomic E-state index is -0.716. The highest BCUT2D eigenvalue weighted by Crippen LogP contribution is 2.29. The van der Waals surface area contributed by atoms with Crippen molar-refractivity contribution in [1.82, 2.24) is 9.78 Å². The second-order valence-corrected chi connectivity index (χ2v) is 8.32. The van der Waals surface area contributed by atoms with Gasteiger partial charge in [0.15, 0.2) is 5.69 Å².